The number of benzene rings is 1. The number of nitrogens with zero attached hydrogens (tertiary/aromatic N) is 4. The van der Waals surface area contributed by atoms with Crippen molar-refractivity contribution in [1.29, 1.82) is 0 Å². The van der Waals surface area contributed by atoms with Gasteiger partial charge >= 0.3 is 0 Å². The van der Waals surface area contributed by atoms with Gasteiger partial charge in [0.1, 0.15) is 0 Å². The lowest BCUT2D eigenvalue weighted by Gasteiger charge is -2.34. The molecule has 1 unspecified atom stereocenters. The first-order chi connectivity index (χ1) is 14.2. The van der Waals surface area contributed by atoms with E-state index in [0.717, 1.165) is 24.3 Å². The van der Waals surface area contributed by atoms with E-state index in [1.54, 1.807) is 29.2 Å². The molecule has 2 aromatic heterocycles. The van der Waals surface area contributed by atoms with Gasteiger partial charge in [0, 0.05) is 44.4 Å². The molecule has 0 spiro atoms. The fraction of sp³-hybridized carbons (Fsp3) is 0.286. The third-order valence-electron chi connectivity index (χ3n) is 4.98. The third kappa shape index (κ3) is 4.64. The van der Waals surface area contributed by atoms with Crippen molar-refractivity contribution in [2.45, 2.75) is 6.04 Å². The van der Waals surface area contributed by atoms with E-state index >= 15 is 0 Å². The van der Waals surface area contributed by atoms with Crippen LogP contribution in [0.4, 0.5) is 0 Å². The summed E-state index contributed by atoms with van der Waals surface area (Å²) in [5.74, 6) is -0.217. The molecule has 1 aliphatic heterocycles. The molecule has 4 rings (SSSR count). The lowest BCUT2D eigenvalue weighted by atomic mass is 10.1. The molecule has 1 aromatic carbocycles. The molecule has 0 saturated carbocycles. The molecule has 1 fully saturated rings. The number of rotatable bonds is 6. The Kier molecular flexibility index (Phi) is 6.19. The topological polar surface area (TPSA) is 72.3 Å². The van der Waals surface area contributed by atoms with Crippen molar-refractivity contribution in [2.75, 3.05) is 32.8 Å². The number of hydrogen-bond acceptors (Lipinski definition) is 5. The summed E-state index contributed by atoms with van der Waals surface area (Å²) in [5, 5.41) is 7.66. The number of aromatic nitrogens is 3. The van der Waals surface area contributed by atoms with Crippen LogP contribution in [-0.4, -0.2) is 58.4 Å². The van der Waals surface area contributed by atoms with Gasteiger partial charge in [0.2, 0.25) is 0 Å². The highest BCUT2D eigenvalue weighted by Gasteiger charge is 2.24. The van der Waals surface area contributed by atoms with Crippen molar-refractivity contribution in [3.63, 3.8) is 0 Å². The first-order valence-electron chi connectivity index (χ1n) is 9.52. The summed E-state index contributed by atoms with van der Waals surface area (Å²) < 4.78 is 7.17. The van der Waals surface area contributed by atoms with Gasteiger partial charge in [0.15, 0.2) is 0 Å². The number of ether oxygens (including phenoxy) is 1. The van der Waals surface area contributed by atoms with E-state index in [9.17, 15) is 4.79 Å². The summed E-state index contributed by atoms with van der Waals surface area (Å²) in [6, 6.07) is 11.1. The Morgan fingerprint density at radius 1 is 1.21 bits per heavy atom. The Bertz CT molecular complexity index is 943. The Balaban J connectivity index is 1.51. The minimum Gasteiger partial charge on any atom is -0.379 e. The van der Waals surface area contributed by atoms with Crippen LogP contribution < -0.4 is 5.32 Å². The van der Waals surface area contributed by atoms with Crippen LogP contribution in [0.3, 0.4) is 0 Å². The second-order valence-electron chi connectivity index (χ2n) is 6.78. The van der Waals surface area contributed by atoms with Crippen molar-refractivity contribution in [2.24, 2.45) is 0 Å². The molecular formula is C21H22ClN5O2. The Morgan fingerprint density at radius 3 is 2.79 bits per heavy atom. The van der Waals surface area contributed by atoms with Crippen LogP contribution in [0, 0.1) is 0 Å². The van der Waals surface area contributed by atoms with Gasteiger partial charge in [0.05, 0.1) is 35.5 Å². The Labute approximate surface area is 174 Å². The van der Waals surface area contributed by atoms with Crippen molar-refractivity contribution < 1.29 is 9.53 Å². The zero-order valence-electron chi connectivity index (χ0n) is 15.9. The number of amides is 1. The van der Waals surface area contributed by atoms with Crippen molar-refractivity contribution in [3.8, 4) is 5.69 Å². The highest BCUT2D eigenvalue weighted by molar-refractivity contribution is 6.33. The van der Waals surface area contributed by atoms with E-state index in [-0.39, 0.29) is 11.9 Å². The summed E-state index contributed by atoms with van der Waals surface area (Å²) in [7, 11) is 0. The average Bonchev–Trinajstić information content (AvgIpc) is 3.30. The Morgan fingerprint density at radius 2 is 2.07 bits per heavy atom. The number of hydrogen-bond donors (Lipinski definition) is 1. The van der Waals surface area contributed by atoms with Gasteiger partial charge in [-0.2, -0.15) is 5.10 Å². The quantitative estimate of drug-likeness (QED) is 0.675. The SMILES string of the molecule is O=C(NCC(c1cccnc1)N1CCOCC1)c1cc(-n2cccn2)ccc1Cl. The third-order valence-corrected chi connectivity index (χ3v) is 5.30. The monoisotopic (exact) mass is 411 g/mol. The lowest BCUT2D eigenvalue weighted by molar-refractivity contribution is 0.0161. The molecule has 1 N–H and O–H groups in total. The van der Waals surface area contributed by atoms with Gasteiger partial charge in [-0.15, -0.1) is 0 Å². The summed E-state index contributed by atoms with van der Waals surface area (Å²) in [6.07, 6.45) is 7.10. The van der Waals surface area contributed by atoms with Crippen LogP contribution in [0.5, 0.6) is 0 Å². The second-order valence-corrected chi connectivity index (χ2v) is 7.18. The minimum absolute atomic E-state index is 0.0182. The molecule has 1 atom stereocenters. The summed E-state index contributed by atoms with van der Waals surface area (Å²) in [5.41, 5.74) is 2.26. The van der Waals surface area contributed by atoms with Crippen LogP contribution in [0.25, 0.3) is 5.69 Å². The lowest BCUT2D eigenvalue weighted by Crippen LogP contribution is -2.43. The molecule has 8 heteroatoms. The zero-order chi connectivity index (χ0) is 20.1. The molecule has 1 aliphatic rings. The summed E-state index contributed by atoms with van der Waals surface area (Å²) >= 11 is 6.31. The van der Waals surface area contributed by atoms with E-state index in [1.807, 2.05) is 36.7 Å². The second kappa shape index (κ2) is 9.17. The van der Waals surface area contributed by atoms with Gasteiger partial charge in [-0.3, -0.25) is 14.7 Å². The normalized spacial score (nSPS) is 15.8. The van der Waals surface area contributed by atoms with Gasteiger partial charge < -0.3 is 10.1 Å². The maximum atomic E-state index is 12.9. The number of nitrogens with one attached hydrogen (secondary N) is 1. The predicted octanol–water partition coefficient (Wildman–Crippen LogP) is 2.72. The molecule has 0 aliphatic carbocycles. The van der Waals surface area contributed by atoms with Crippen molar-refractivity contribution >= 4 is 17.5 Å². The number of pyridine rings is 1. The highest BCUT2D eigenvalue weighted by atomic mass is 35.5. The number of carbonyl (C=O) groups excluding carboxylic acids is 1. The standard InChI is InChI=1S/C21H22ClN5O2/c22-19-5-4-17(27-8-2-7-25-27)13-18(19)21(28)24-15-20(16-3-1-6-23-14-16)26-9-11-29-12-10-26/h1-8,13-14,20H,9-12,15H2,(H,24,28). The minimum atomic E-state index is -0.217. The molecule has 29 heavy (non-hydrogen) atoms. The van der Waals surface area contributed by atoms with Crippen LogP contribution in [0.1, 0.15) is 22.0 Å². The average molecular weight is 412 g/mol. The summed E-state index contributed by atoms with van der Waals surface area (Å²) in [6.45, 7) is 3.44. The predicted molar refractivity (Wildman–Crippen MR) is 110 cm³/mol. The van der Waals surface area contributed by atoms with E-state index in [0.29, 0.717) is 30.3 Å². The van der Waals surface area contributed by atoms with Crippen molar-refractivity contribution in [1.82, 2.24) is 25.0 Å². The maximum absolute atomic E-state index is 12.9. The van der Waals surface area contributed by atoms with E-state index in [2.05, 4.69) is 20.3 Å². The fourth-order valence-electron chi connectivity index (χ4n) is 3.46. The van der Waals surface area contributed by atoms with Crippen LogP contribution in [0.2, 0.25) is 5.02 Å². The van der Waals surface area contributed by atoms with Gasteiger partial charge in [-0.25, -0.2) is 4.68 Å². The van der Waals surface area contributed by atoms with Gasteiger partial charge in [-0.1, -0.05) is 17.7 Å². The molecule has 0 radical (unpaired) electrons. The van der Waals surface area contributed by atoms with Crippen LogP contribution in [0.15, 0.2) is 61.2 Å². The van der Waals surface area contributed by atoms with Crippen LogP contribution in [-0.2, 0) is 4.74 Å². The maximum Gasteiger partial charge on any atom is 0.252 e. The van der Waals surface area contributed by atoms with E-state index < -0.39 is 0 Å². The van der Waals surface area contributed by atoms with Gasteiger partial charge in [0.25, 0.3) is 5.91 Å². The molecule has 7 nitrogen and oxygen atoms in total. The molecular weight excluding hydrogens is 390 g/mol. The number of morpholine rings is 1. The molecule has 3 aromatic rings. The van der Waals surface area contributed by atoms with E-state index in [1.165, 1.54) is 0 Å². The fourth-order valence-corrected chi connectivity index (χ4v) is 3.66. The zero-order valence-corrected chi connectivity index (χ0v) is 16.6. The van der Waals surface area contributed by atoms with Crippen molar-refractivity contribution in [3.05, 3.63) is 77.3 Å². The number of halogens is 1. The first kappa shape index (κ1) is 19.6. The highest BCUT2D eigenvalue weighted by Crippen LogP contribution is 2.22. The Hall–Kier alpha value is -2.74. The van der Waals surface area contributed by atoms with Crippen LogP contribution >= 0.6 is 11.6 Å². The van der Waals surface area contributed by atoms with Gasteiger partial charge in [-0.05, 0) is 35.9 Å². The largest absolute Gasteiger partial charge is 0.379 e. The van der Waals surface area contributed by atoms with E-state index in [4.69, 9.17) is 16.3 Å². The molecule has 1 amide bonds. The first-order valence-corrected chi connectivity index (χ1v) is 9.89. The summed E-state index contributed by atoms with van der Waals surface area (Å²) in [4.78, 5) is 19.5. The number of carbonyl (C=O) groups is 1. The smallest absolute Gasteiger partial charge is 0.252 e. The molecule has 3 heterocycles. The molecule has 150 valence electrons. The molecule has 1 saturated heterocycles. The molecule has 0 bridgehead atoms.